The highest BCUT2D eigenvalue weighted by atomic mass is 19.1. The standard InChI is InChI=1S/C9H13FN2O2/c10-3-6-14-9(13)12-4-1-8(7-11)2-5-12/h8H,1-6H2. The lowest BCUT2D eigenvalue weighted by Crippen LogP contribution is -2.38. The van der Waals surface area contributed by atoms with Crippen molar-refractivity contribution in [2.24, 2.45) is 5.92 Å². The lowest BCUT2D eigenvalue weighted by molar-refractivity contribution is 0.0863. The Hall–Kier alpha value is -1.31. The van der Waals surface area contributed by atoms with Crippen LogP contribution in [-0.2, 0) is 4.74 Å². The summed E-state index contributed by atoms with van der Waals surface area (Å²) in [5.74, 6) is 0.0419. The molecule has 0 aromatic heterocycles. The van der Waals surface area contributed by atoms with Gasteiger partial charge in [0, 0.05) is 19.0 Å². The topological polar surface area (TPSA) is 53.3 Å². The van der Waals surface area contributed by atoms with Crippen LogP contribution in [0.2, 0.25) is 0 Å². The fraction of sp³-hybridized carbons (Fsp3) is 0.778. The van der Waals surface area contributed by atoms with Crippen molar-refractivity contribution in [3.05, 3.63) is 0 Å². The van der Waals surface area contributed by atoms with Crippen LogP contribution in [0.25, 0.3) is 0 Å². The van der Waals surface area contributed by atoms with Gasteiger partial charge in [-0.05, 0) is 12.8 Å². The molecule has 0 aliphatic carbocycles. The molecule has 4 nitrogen and oxygen atoms in total. The maximum atomic E-state index is 11.7. The second kappa shape index (κ2) is 5.43. The number of hydrogen-bond donors (Lipinski definition) is 0. The monoisotopic (exact) mass is 200 g/mol. The zero-order valence-electron chi connectivity index (χ0n) is 7.91. The molecule has 1 heterocycles. The predicted molar refractivity (Wildman–Crippen MR) is 47.2 cm³/mol. The molecule has 0 aromatic rings. The third-order valence-corrected chi connectivity index (χ3v) is 2.24. The third kappa shape index (κ3) is 2.87. The molecule has 1 saturated heterocycles. The Morgan fingerprint density at radius 3 is 2.71 bits per heavy atom. The Morgan fingerprint density at radius 1 is 1.57 bits per heavy atom. The van der Waals surface area contributed by atoms with Crippen LogP contribution in [0.15, 0.2) is 0 Å². The van der Waals surface area contributed by atoms with Gasteiger partial charge in [-0.3, -0.25) is 0 Å². The van der Waals surface area contributed by atoms with Crippen molar-refractivity contribution >= 4 is 6.09 Å². The molecule has 1 aliphatic heterocycles. The molecule has 0 atom stereocenters. The van der Waals surface area contributed by atoms with Gasteiger partial charge in [0.25, 0.3) is 0 Å². The van der Waals surface area contributed by atoms with Crippen molar-refractivity contribution in [2.45, 2.75) is 12.8 Å². The smallest absolute Gasteiger partial charge is 0.409 e. The number of nitrogens with zero attached hydrogens (tertiary/aromatic N) is 2. The lowest BCUT2D eigenvalue weighted by atomic mass is 9.99. The van der Waals surface area contributed by atoms with Crippen molar-refractivity contribution in [3.8, 4) is 6.07 Å². The zero-order valence-corrected chi connectivity index (χ0v) is 7.91. The average molecular weight is 200 g/mol. The van der Waals surface area contributed by atoms with Gasteiger partial charge >= 0.3 is 6.09 Å². The van der Waals surface area contributed by atoms with E-state index in [1.165, 1.54) is 4.90 Å². The van der Waals surface area contributed by atoms with E-state index in [4.69, 9.17) is 5.26 Å². The molecule has 0 saturated carbocycles. The van der Waals surface area contributed by atoms with Crippen LogP contribution < -0.4 is 0 Å². The number of carbonyl (C=O) groups excluding carboxylic acids is 1. The molecule has 0 aromatic carbocycles. The van der Waals surface area contributed by atoms with Crippen LogP contribution in [0.3, 0.4) is 0 Å². The summed E-state index contributed by atoms with van der Waals surface area (Å²) in [6.07, 6.45) is 0.890. The molecule has 78 valence electrons. The number of halogens is 1. The molecule has 0 bridgehead atoms. The van der Waals surface area contributed by atoms with E-state index >= 15 is 0 Å². The summed E-state index contributed by atoms with van der Waals surface area (Å²) in [5.41, 5.74) is 0. The van der Waals surface area contributed by atoms with E-state index in [0.29, 0.717) is 25.9 Å². The fourth-order valence-electron chi connectivity index (χ4n) is 1.41. The first-order valence-electron chi connectivity index (χ1n) is 4.65. The second-order valence-corrected chi connectivity index (χ2v) is 3.19. The molecule has 1 fully saturated rings. The molecule has 0 spiro atoms. The highest BCUT2D eigenvalue weighted by Gasteiger charge is 2.23. The van der Waals surface area contributed by atoms with Gasteiger partial charge < -0.3 is 9.64 Å². The zero-order chi connectivity index (χ0) is 10.4. The van der Waals surface area contributed by atoms with Gasteiger partial charge in [-0.25, -0.2) is 9.18 Å². The van der Waals surface area contributed by atoms with E-state index in [1.54, 1.807) is 0 Å². The van der Waals surface area contributed by atoms with E-state index in [0.717, 1.165) is 0 Å². The number of ether oxygens (including phenoxy) is 1. The Kier molecular flexibility index (Phi) is 4.17. The SMILES string of the molecule is N#CC1CCN(C(=O)OCCF)CC1. The number of piperidine rings is 1. The minimum atomic E-state index is -0.652. The van der Waals surface area contributed by atoms with E-state index in [1.807, 2.05) is 0 Å². The summed E-state index contributed by atoms with van der Waals surface area (Å²) >= 11 is 0. The van der Waals surface area contributed by atoms with Gasteiger partial charge in [0.1, 0.15) is 13.3 Å². The van der Waals surface area contributed by atoms with Gasteiger partial charge in [-0.15, -0.1) is 0 Å². The maximum Gasteiger partial charge on any atom is 0.409 e. The third-order valence-electron chi connectivity index (χ3n) is 2.24. The molecule has 0 unspecified atom stereocenters. The van der Waals surface area contributed by atoms with Gasteiger partial charge in [-0.2, -0.15) is 5.26 Å². The minimum absolute atomic E-state index is 0.0419. The Bertz CT molecular complexity index is 231. The number of alkyl halides is 1. The predicted octanol–water partition coefficient (Wildman–Crippen LogP) is 1.33. The Morgan fingerprint density at radius 2 is 2.21 bits per heavy atom. The summed E-state index contributed by atoms with van der Waals surface area (Å²) in [7, 11) is 0. The van der Waals surface area contributed by atoms with E-state index in [-0.39, 0.29) is 12.5 Å². The van der Waals surface area contributed by atoms with Crippen LogP contribution >= 0.6 is 0 Å². The quantitative estimate of drug-likeness (QED) is 0.675. The molecular formula is C9H13FN2O2. The van der Waals surface area contributed by atoms with Gasteiger partial charge in [0.05, 0.1) is 6.07 Å². The highest BCUT2D eigenvalue weighted by Crippen LogP contribution is 2.16. The summed E-state index contributed by atoms with van der Waals surface area (Å²) < 4.78 is 16.3. The van der Waals surface area contributed by atoms with Gasteiger partial charge in [0.2, 0.25) is 0 Å². The fourth-order valence-corrected chi connectivity index (χ4v) is 1.41. The van der Waals surface area contributed by atoms with E-state index in [9.17, 15) is 9.18 Å². The molecule has 0 radical (unpaired) electrons. The van der Waals surface area contributed by atoms with Crippen molar-refractivity contribution in [2.75, 3.05) is 26.4 Å². The first-order valence-corrected chi connectivity index (χ1v) is 4.65. The lowest BCUT2D eigenvalue weighted by Gasteiger charge is -2.28. The summed E-state index contributed by atoms with van der Waals surface area (Å²) in [5, 5.41) is 8.62. The highest BCUT2D eigenvalue weighted by molar-refractivity contribution is 5.67. The number of likely N-dealkylation sites (tertiary alicyclic amines) is 1. The number of rotatable bonds is 2. The van der Waals surface area contributed by atoms with Crippen LogP contribution in [0.1, 0.15) is 12.8 Å². The average Bonchev–Trinajstić information content (AvgIpc) is 2.26. The minimum Gasteiger partial charge on any atom is -0.447 e. The summed E-state index contributed by atoms with van der Waals surface area (Å²) in [4.78, 5) is 12.7. The van der Waals surface area contributed by atoms with Gasteiger partial charge in [0.15, 0.2) is 0 Å². The molecule has 0 N–H and O–H groups in total. The molecular weight excluding hydrogens is 187 g/mol. The Labute approximate surface area is 82.2 Å². The van der Waals surface area contributed by atoms with Crippen LogP contribution in [0, 0.1) is 17.2 Å². The first kappa shape index (κ1) is 10.8. The van der Waals surface area contributed by atoms with Crippen molar-refractivity contribution < 1.29 is 13.9 Å². The maximum absolute atomic E-state index is 11.7. The van der Waals surface area contributed by atoms with Crippen molar-refractivity contribution in [3.63, 3.8) is 0 Å². The van der Waals surface area contributed by atoms with Crippen LogP contribution in [-0.4, -0.2) is 37.4 Å². The summed E-state index contributed by atoms with van der Waals surface area (Å²) in [6, 6.07) is 2.17. The molecule has 1 aliphatic rings. The first-order chi connectivity index (χ1) is 6.77. The van der Waals surface area contributed by atoms with E-state index in [2.05, 4.69) is 10.8 Å². The summed E-state index contributed by atoms with van der Waals surface area (Å²) in [6.45, 7) is 0.226. The molecule has 5 heteroatoms. The number of hydrogen-bond acceptors (Lipinski definition) is 3. The van der Waals surface area contributed by atoms with Crippen LogP contribution in [0.5, 0.6) is 0 Å². The number of carbonyl (C=O) groups is 1. The largest absolute Gasteiger partial charge is 0.447 e. The number of nitriles is 1. The molecule has 14 heavy (non-hydrogen) atoms. The normalized spacial score (nSPS) is 17.6. The number of amides is 1. The second-order valence-electron chi connectivity index (χ2n) is 3.19. The molecule has 1 rings (SSSR count). The van der Waals surface area contributed by atoms with Crippen LogP contribution in [0.4, 0.5) is 9.18 Å². The van der Waals surface area contributed by atoms with Gasteiger partial charge in [-0.1, -0.05) is 0 Å². The molecule has 1 amide bonds. The Balaban J connectivity index is 2.27. The van der Waals surface area contributed by atoms with Crippen molar-refractivity contribution in [1.82, 2.24) is 4.90 Å². The van der Waals surface area contributed by atoms with Crippen molar-refractivity contribution in [1.29, 1.82) is 5.26 Å². The van der Waals surface area contributed by atoms with E-state index < -0.39 is 12.8 Å².